The molecule has 1 heterocycles. The first-order chi connectivity index (χ1) is 7.61. The molecule has 16 heavy (non-hydrogen) atoms. The van der Waals surface area contributed by atoms with Crippen LogP contribution in [0.3, 0.4) is 0 Å². The number of aromatic nitrogens is 2. The monoisotopic (exact) mass is 216 g/mol. The second kappa shape index (κ2) is 4.00. The fourth-order valence-electron chi connectivity index (χ4n) is 1.68. The van der Waals surface area contributed by atoms with Crippen molar-refractivity contribution in [3.63, 3.8) is 0 Å². The van der Waals surface area contributed by atoms with E-state index in [9.17, 15) is 4.79 Å². The van der Waals surface area contributed by atoms with Crippen molar-refractivity contribution in [3.8, 4) is 5.69 Å². The molecule has 1 N–H and O–H groups in total. The highest BCUT2D eigenvalue weighted by Crippen LogP contribution is 2.12. The largest absolute Gasteiger partial charge is 0.295 e. The summed E-state index contributed by atoms with van der Waals surface area (Å²) in [6, 6.07) is 7.66. The number of hydrogen-bond donors (Lipinski definition) is 1. The Morgan fingerprint density at radius 2 is 1.94 bits per heavy atom. The molecular formula is C13H16N2O. The number of H-pyrrole nitrogens is 1. The molecule has 0 aliphatic carbocycles. The number of benzene rings is 1. The molecule has 2 rings (SSSR count). The Balaban J connectivity index is 2.54. The van der Waals surface area contributed by atoms with Crippen LogP contribution in [0.15, 0.2) is 29.1 Å². The molecule has 1 aromatic heterocycles. The van der Waals surface area contributed by atoms with E-state index >= 15 is 0 Å². The highest BCUT2D eigenvalue weighted by atomic mass is 16.1. The first-order valence-electron chi connectivity index (χ1n) is 5.50. The number of nitrogens with zero attached hydrogens (tertiary/aromatic N) is 1. The van der Waals surface area contributed by atoms with Gasteiger partial charge >= 0.3 is 0 Å². The van der Waals surface area contributed by atoms with Gasteiger partial charge in [-0.25, -0.2) is 4.68 Å². The second-order valence-corrected chi connectivity index (χ2v) is 4.08. The normalized spacial score (nSPS) is 10.7. The van der Waals surface area contributed by atoms with E-state index in [2.05, 4.69) is 12.0 Å². The van der Waals surface area contributed by atoms with Crippen molar-refractivity contribution in [2.75, 3.05) is 0 Å². The minimum Gasteiger partial charge on any atom is -0.295 e. The Labute approximate surface area is 94.7 Å². The molecule has 0 spiro atoms. The molecule has 0 saturated carbocycles. The van der Waals surface area contributed by atoms with Crippen LogP contribution in [-0.4, -0.2) is 9.78 Å². The molecule has 0 unspecified atom stereocenters. The lowest BCUT2D eigenvalue weighted by Gasteiger charge is -2.05. The van der Waals surface area contributed by atoms with Crippen LogP contribution in [-0.2, 0) is 6.42 Å². The smallest absolute Gasteiger partial charge is 0.271 e. The standard InChI is InChI=1S/C13H16N2O/c1-4-11-8-13(16)15(14-11)12-6-5-9(2)10(3)7-12/h5-8,14H,4H2,1-3H3. The van der Waals surface area contributed by atoms with E-state index in [0.29, 0.717) is 0 Å². The summed E-state index contributed by atoms with van der Waals surface area (Å²) in [4.78, 5) is 11.7. The number of hydrogen-bond acceptors (Lipinski definition) is 1. The van der Waals surface area contributed by atoms with Crippen molar-refractivity contribution >= 4 is 0 Å². The summed E-state index contributed by atoms with van der Waals surface area (Å²) in [7, 11) is 0. The van der Waals surface area contributed by atoms with E-state index in [1.807, 2.05) is 32.0 Å². The first kappa shape index (κ1) is 10.7. The zero-order chi connectivity index (χ0) is 11.7. The molecular weight excluding hydrogens is 200 g/mol. The van der Waals surface area contributed by atoms with Crippen molar-refractivity contribution in [1.82, 2.24) is 9.78 Å². The Morgan fingerprint density at radius 1 is 1.19 bits per heavy atom. The van der Waals surface area contributed by atoms with E-state index in [1.54, 1.807) is 10.7 Å². The lowest BCUT2D eigenvalue weighted by molar-refractivity contribution is 0.818. The van der Waals surface area contributed by atoms with Crippen LogP contribution < -0.4 is 5.56 Å². The van der Waals surface area contributed by atoms with Crippen LogP contribution in [0.4, 0.5) is 0 Å². The Morgan fingerprint density at radius 3 is 2.50 bits per heavy atom. The van der Waals surface area contributed by atoms with Crippen molar-refractivity contribution < 1.29 is 0 Å². The van der Waals surface area contributed by atoms with Gasteiger partial charge in [-0.3, -0.25) is 9.89 Å². The zero-order valence-electron chi connectivity index (χ0n) is 9.87. The number of rotatable bonds is 2. The lowest BCUT2D eigenvalue weighted by Crippen LogP contribution is -2.13. The van der Waals surface area contributed by atoms with Gasteiger partial charge in [0.2, 0.25) is 0 Å². The third-order valence-corrected chi connectivity index (χ3v) is 2.90. The first-order valence-corrected chi connectivity index (χ1v) is 5.50. The van der Waals surface area contributed by atoms with Gasteiger partial charge in [0, 0.05) is 11.8 Å². The molecule has 3 nitrogen and oxygen atoms in total. The summed E-state index contributed by atoms with van der Waals surface area (Å²) >= 11 is 0. The fraction of sp³-hybridized carbons (Fsp3) is 0.308. The molecule has 3 heteroatoms. The van der Waals surface area contributed by atoms with Gasteiger partial charge < -0.3 is 0 Å². The summed E-state index contributed by atoms with van der Waals surface area (Å²) in [6.45, 7) is 6.14. The van der Waals surface area contributed by atoms with Crippen LogP contribution in [0, 0.1) is 13.8 Å². The molecule has 0 amide bonds. The zero-order valence-corrected chi connectivity index (χ0v) is 9.87. The topological polar surface area (TPSA) is 37.8 Å². The van der Waals surface area contributed by atoms with E-state index in [0.717, 1.165) is 17.8 Å². The summed E-state index contributed by atoms with van der Waals surface area (Å²) in [6.07, 6.45) is 0.840. The van der Waals surface area contributed by atoms with Crippen LogP contribution in [0.25, 0.3) is 5.69 Å². The van der Waals surface area contributed by atoms with Gasteiger partial charge in [0.1, 0.15) is 0 Å². The molecule has 2 aromatic rings. The van der Waals surface area contributed by atoms with E-state index < -0.39 is 0 Å². The van der Waals surface area contributed by atoms with Crippen LogP contribution >= 0.6 is 0 Å². The van der Waals surface area contributed by atoms with Gasteiger partial charge in [0.05, 0.1) is 5.69 Å². The molecule has 0 radical (unpaired) electrons. The van der Waals surface area contributed by atoms with Crippen molar-refractivity contribution in [2.45, 2.75) is 27.2 Å². The average Bonchev–Trinajstić information content (AvgIpc) is 2.64. The van der Waals surface area contributed by atoms with Crippen LogP contribution in [0.2, 0.25) is 0 Å². The number of aryl methyl sites for hydroxylation is 3. The third-order valence-electron chi connectivity index (χ3n) is 2.90. The molecule has 0 aliphatic heterocycles. The van der Waals surface area contributed by atoms with E-state index in [-0.39, 0.29) is 5.56 Å². The maximum Gasteiger partial charge on any atom is 0.271 e. The molecule has 0 bridgehead atoms. The molecule has 1 aromatic carbocycles. The molecule has 0 fully saturated rings. The summed E-state index contributed by atoms with van der Waals surface area (Å²) in [5.74, 6) is 0. The quantitative estimate of drug-likeness (QED) is 0.822. The highest BCUT2D eigenvalue weighted by Gasteiger charge is 2.04. The van der Waals surface area contributed by atoms with Gasteiger partial charge in [-0.05, 0) is 43.5 Å². The second-order valence-electron chi connectivity index (χ2n) is 4.08. The molecule has 84 valence electrons. The lowest BCUT2D eigenvalue weighted by atomic mass is 10.1. The SMILES string of the molecule is CCc1cc(=O)n(-c2ccc(C)c(C)c2)[nH]1. The van der Waals surface area contributed by atoms with Crippen molar-refractivity contribution in [3.05, 3.63) is 51.4 Å². The summed E-state index contributed by atoms with van der Waals surface area (Å²) in [5, 5.41) is 3.10. The van der Waals surface area contributed by atoms with Crippen molar-refractivity contribution in [2.24, 2.45) is 0 Å². The minimum absolute atomic E-state index is 0.0000954. The number of aromatic amines is 1. The Bertz CT molecular complexity index is 564. The fourth-order valence-corrected chi connectivity index (χ4v) is 1.68. The molecule has 0 atom stereocenters. The highest BCUT2D eigenvalue weighted by molar-refractivity contribution is 5.39. The number of nitrogens with one attached hydrogen (secondary N) is 1. The minimum atomic E-state index is 0.0000954. The van der Waals surface area contributed by atoms with Gasteiger partial charge in [0.25, 0.3) is 5.56 Å². The van der Waals surface area contributed by atoms with Gasteiger partial charge in [0.15, 0.2) is 0 Å². The van der Waals surface area contributed by atoms with E-state index in [1.165, 1.54) is 11.1 Å². The third kappa shape index (κ3) is 1.81. The predicted octanol–water partition coefficient (Wildman–Crippen LogP) is 2.34. The van der Waals surface area contributed by atoms with Gasteiger partial charge in [-0.15, -0.1) is 0 Å². The summed E-state index contributed by atoms with van der Waals surface area (Å²) < 4.78 is 1.59. The molecule has 0 saturated heterocycles. The average molecular weight is 216 g/mol. The molecule has 0 aliphatic rings. The van der Waals surface area contributed by atoms with Gasteiger partial charge in [-0.2, -0.15) is 0 Å². The Kier molecular flexibility index (Phi) is 2.69. The van der Waals surface area contributed by atoms with Crippen molar-refractivity contribution in [1.29, 1.82) is 0 Å². The summed E-state index contributed by atoms with van der Waals surface area (Å²) in [5.41, 5.74) is 4.28. The van der Waals surface area contributed by atoms with E-state index in [4.69, 9.17) is 0 Å². The van der Waals surface area contributed by atoms with Crippen LogP contribution in [0.5, 0.6) is 0 Å². The maximum atomic E-state index is 11.7. The van der Waals surface area contributed by atoms with Crippen LogP contribution in [0.1, 0.15) is 23.7 Å². The maximum absolute atomic E-state index is 11.7. The Hall–Kier alpha value is -1.77. The van der Waals surface area contributed by atoms with Gasteiger partial charge in [-0.1, -0.05) is 13.0 Å². The predicted molar refractivity (Wildman–Crippen MR) is 65.2 cm³/mol.